The molecule has 0 spiro atoms. The number of aromatic nitrogens is 2. The number of esters is 1. The second kappa shape index (κ2) is 9.75. The van der Waals surface area contributed by atoms with Crippen molar-refractivity contribution in [1.82, 2.24) is 9.78 Å². The van der Waals surface area contributed by atoms with E-state index >= 15 is 0 Å². The Morgan fingerprint density at radius 3 is 2.52 bits per heavy atom. The van der Waals surface area contributed by atoms with Crippen LogP contribution in [0.1, 0.15) is 22.5 Å². The van der Waals surface area contributed by atoms with Crippen LogP contribution in [-0.4, -0.2) is 35.4 Å². The molecule has 7 heteroatoms. The summed E-state index contributed by atoms with van der Waals surface area (Å²) in [7, 11) is 1.30. The van der Waals surface area contributed by atoms with Crippen molar-refractivity contribution < 1.29 is 19.1 Å². The molecule has 0 saturated heterocycles. The van der Waals surface area contributed by atoms with Crippen LogP contribution in [0.2, 0.25) is 0 Å². The molecule has 1 N–H and O–H groups in total. The summed E-state index contributed by atoms with van der Waals surface area (Å²) in [6.07, 6.45) is 3.27. The first-order valence-corrected chi connectivity index (χ1v) is 9.80. The summed E-state index contributed by atoms with van der Waals surface area (Å²) in [6.45, 7) is 5.57. The number of carbonyl (C=O) groups is 2. The molecule has 0 unspecified atom stereocenters. The summed E-state index contributed by atoms with van der Waals surface area (Å²) in [4.78, 5) is 23.6. The Balaban J connectivity index is 1.69. The number of amides is 1. The van der Waals surface area contributed by atoms with E-state index in [0.717, 1.165) is 28.2 Å². The fraction of sp³-hybridized carbons (Fsp3) is 0.208. The molecule has 1 aromatic heterocycles. The maximum Gasteiger partial charge on any atom is 0.343 e. The number of nitrogens with zero attached hydrogens (tertiary/aromatic N) is 2. The minimum Gasteiger partial charge on any atom is -0.482 e. The van der Waals surface area contributed by atoms with Gasteiger partial charge in [-0.25, -0.2) is 9.48 Å². The topological polar surface area (TPSA) is 82.4 Å². The van der Waals surface area contributed by atoms with Crippen LogP contribution in [0.3, 0.4) is 0 Å². The Labute approximate surface area is 181 Å². The van der Waals surface area contributed by atoms with Gasteiger partial charge in [0.1, 0.15) is 5.75 Å². The first-order chi connectivity index (χ1) is 14.9. The molecule has 0 fully saturated rings. The molecule has 160 valence electrons. The zero-order valence-corrected chi connectivity index (χ0v) is 18.0. The fourth-order valence-corrected chi connectivity index (χ4v) is 3.12. The Hall–Kier alpha value is -3.87. The van der Waals surface area contributed by atoms with E-state index < -0.39 is 5.97 Å². The Kier molecular flexibility index (Phi) is 6.87. The van der Waals surface area contributed by atoms with Crippen molar-refractivity contribution in [1.29, 1.82) is 0 Å². The monoisotopic (exact) mass is 419 g/mol. The molecule has 0 radical (unpaired) electrons. The zero-order chi connectivity index (χ0) is 22.4. The molecule has 2 aromatic carbocycles. The van der Waals surface area contributed by atoms with Crippen LogP contribution in [-0.2, 0) is 14.3 Å². The molecule has 1 heterocycles. The largest absolute Gasteiger partial charge is 0.482 e. The van der Waals surface area contributed by atoms with Crippen molar-refractivity contribution in [3.05, 3.63) is 77.1 Å². The SMILES string of the molecule is COC(=O)COc1ccc(NC(=O)/C=C/c2c(C)nn(-c3ccccc3)c2C)c(C)c1. The average molecular weight is 419 g/mol. The third-order valence-electron chi connectivity index (χ3n) is 4.79. The lowest BCUT2D eigenvalue weighted by Gasteiger charge is -2.10. The van der Waals surface area contributed by atoms with E-state index in [1.807, 2.05) is 55.8 Å². The van der Waals surface area contributed by atoms with Crippen molar-refractivity contribution in [2.75, 3.05) is 19.0 Å². The summed E-state index contributed by atoms with van der Waals surface area (Å²) in [5, 5.41) is 7.45. The van der Waals surface area contributed by atoms with Crippen molar-refractivity contribution in [2.45, 2.75) is 20.8 Å². The third-order valence-corrected chi connectivity index (χ3v) is 4.79. The van der Waals surface area contributed by atoms with Gasteiger partial charge in [-0.15, -0.1) is 0 Å². The first-order valence-electron chi connectivity index (χ1n) is 9.80. The highest BCUT2D eigenvalue weighted by Gasteiger charge is 2.11. The second-order valence-electron chi connectivity index (χ2n) is 7.00. The fourth-order valence-electron chi connectivity index (χ4n) is 3.12. The van der Waals surface area contributed by atoms with Gasteiger partial charge in [-0.05, 0) is 62.7 Å². The minimum absolute atomic E-state index is 0.167. The number of carbonyl (C=O) groups excluding carboxylic acids is 2. The highest BCUT2D eigenvalue weighted by molar-refractivity contribution is 6.02. The Morgan fingerprint density at radius 1 is 1.10 bits per heavy atom. The van der Waals surface area contributed by atoms with Gasteiger partial charge in [-0.2, -0.15) is 5.10 Å². The first kappa shape index (κ1) is 21.8. The van der Waals surface area contributed by atoms with Crippen molar-refractivity contribution in [2.24, 2.45) is 0 Å². The van der Waals surface area contributed by atoms with Crippen LogP contribution in [0.15, 0.2) is 54.6 Å². The number of nitrogens with one attached hydrogen (secondary N) is 1. The number of benzene rings is 2. The van der Waals surface area contributed by atoms with E-state index in [4.69, 9.17) is 4.74 Å². The molecule has 3 rings (SSSR count). The number of aryl methyl sites for hydroxylation is 2. The number of hydrogen-bond donors (Lipinski definition) is 1. The second-order valence-corrected chi connectivity index (χ2v) is 7.00. The van der Waals surface area contributed by atoms with E-state index in [9.17, 15) is 9.59 Å². The van der Waals surface area contributed by atoms with Gasteiger partial charge in [0.2, 0.25) is 5.91 Å². The molecule has 0 aliphatic carbocycles. The van der Waals surface area contributed by atoms with Crippen molar-refractivity contribution >= 4 is 23.6 Å². The number of ether oxygens (including phenoxy) is 2. The molecule has 3 aromatic rings. The van der Waals surface area contributed by atoms with E-state index in [0.29, 0.717) is 11.4 Å². The molecule has 1 amide bonds. The molecular formula is C24H25N3O4. The van der Waals surface area contributed by atoms with Gasteiger partial charge in [0, 0.05) is 23.0 Å². The molecule has 0 saturated carbocycles. The third kappa shape index (κ3) is 5.39. The lowest BCUT2D eigenvalue weighted by molar-refractivity contribution is -0.142. The van der Waals surface area contributed by atoms with Crippen molar-refractivity contribution in [3.63, 3.8) is 0 Å². The molecule has 0 atom stereocenters. The summed E-state index contributed by atoms with van der Waals surface area (Å²) < 4.78 is 11.8. The summed E-state index contributed by atoms with van der Waals surface area (Å²) in [5.74, 6) is -0.185. The van der Waals surface area contributed by atoms with Gasteiger partial charge >= 0.3 is 5.97 Å². The smallest absolute Gasteiger partial charge is 0.343 e. The predicted octanol–water partition coefficient (Wildman–Crippen LogP) is 4.00. The molecular weight excluding hydrogens is 394 g/mol. The quantitative estimate of drug-likeness (QED) is 0.462. The van der Waals surface area contributed by atoms with E-state index in [2.05, 4.69) is 15.2 Å². The molecule has 0 aliphatic heterocycles. The van der Waals surface area contributed by atoms with Gasteiger partial charge in [0.05, 0.1) is 18.5 Å². The maximum atomic E-state index is 12.5. The van der Waals surface area contributed by atoms with Gasteiger partial charge in [0.15, 0.2) is 6.61 Å². The normalized spacial score (nSPS) is 10.8. The lowest BCUT2D eigenvalue weighted by atomic mass is 10.1. The van der Waals surface area contributed by atoms with E-state index in [1.54, 1.807) is 24.3 Å². The Morgan fingerprint density at radius 2 is 1.84 bits per heavy atom. The van der Waals surface area contributed by atoms with Crippen LogP contribution in [0, 0.1) is 20.8 Å². The molecule has 31 heavy (non-hydrogen) atoms. The van der Waals surface area contributed by atoms with E-state index in [-0.39, 0.29) is 12.5 Å². The van der Waals surface area contributed by atoms with Crippen LogP contribution in [0.5, 0.6) is 5.75 Å². The predicted molar refractivity (Wildman–Crippen MR) is 119 cm³/mol. The highest BCUT2D eigenvalue weighted by atomic mass is 16.6. The minimum atomic E-state index is -0.457. The van der Waals surface area contributed by atoms with Crippen LogP contribution in [0.4, 0.5) is 5.69 Å². The number of hydrogen-bond acceptors (Lipinski definition) is 5. The zero-order valence-electron chi connectivity index (χ0n) is 18.0. The molecule has 0 bridgehead atoms. The lowest BCUT2D eigenvalue weighted by Crippen LogP contribution is -2.13. The molecule has 0 aliphatic rings. The van der Waals surface area contributed by atoms with Crippen LogP contribution < -0.4 is 10.1 Å². The van der Waals surface area contributed by atoms with Gasteiger partial charge in [0.25, 0.3) is 0 Å². The van der Waals surface area contributed by atoms with E-state index in [1.165, 1.54) is 13.2 Å². The number of rotatable bonds is 7. The average Bonchev–Trinajstić information content (AvgIpc) is 3.06. The standard InChI is InChI=1S/C24H25N3O4/c1-16-14-20(31-15-24(29)30-4)10-12-22(16)25-23(28)13-11-21-17(2)26-27(18(21)3)19-8-6-5-7-9-19/h5-14H,15H2,1-4H3,(H,25,28)/b13-11+. The molecule has 7 nitrogen and oxygen atoms in total. The van der Waals surface area contributed by atoms with Crippen molar-refractivity contribution in [3.8, 4) is 11.4 Å². The summed E-state index contributed by atoms with van der Waals surface area (Å²) in [6, 6.07) is 15.0. The van der Waals surface area contributed by atoms with Crippen LogP contribution in [0.25, 0.3) is 11.8 Å². The highest BCUT2D eigenvalue weighted by Crippen LogP contribution is 2.22. The van der Waals surface area contributed by atoms with Gasteiger partial charge in [-0.1, -0.05) is 18.2 Å². The number of anilines is 1. The Bertz CT molecular complexity index is 1120. The number of para-hydroxylation sites is 1. The maximum absolute atomic E-state index is 12.5. The summed E-state index contributed by atoms with van der Waals surface area (Å²) >= 11 is 0. The summed E-state index contributed by atoms with van der Waals surface area (Å²) in [5.41, 5.74) is 5.14. The van der Waals surface area contributed by atoms with Gasteiger partial charge in [-0.3, -0.25) is 4.79 Å². The van der Waals surface area contributed by atoms with Crippen LogP contribution >= 0.6 is 0 Å². The van der Waals surface area contributed by atoms with Gasteiger partial charge < -0.3 is 14.8 Å². The number of methoxy groups -OCH3 is 1.